The first-order valence-corrected chi connectivity index (χ1v) is 11.8. The summed E-state index contributed by atoms with van der Waals surface area (Å²) in [4.78, 5) is 36.5. The summed E-state index contributed by atoms with van der Waals surface area (Å²) in [5, 5.41) is 0. The van der Waals surface area contributed by atoms with E-state index in [-0.39, 0.29) is 23.1 Å². The number of benzene rings is 1. The summed E-state index contributed by atoms with van der Waals surface area (Å²) in [6.07, 6.45) is 5.17. The summed E-state index contributed by atoms with van der Waals surface area (Å²) in [5.41, 5.74) is 3.34. The van der Waals surface area contributed by atoms with E-state index < -0.39 is 0 Å². The van der Waals surface area contributed by atoms with Crippen molar-refractivity contribution in [3.63, 3.8) is 0 Å². The second-order valence-corrected chi connectivity index (χ2v) is 9.66. The second-order valence-electron chi connectivity index (χ2n) is 9.66. The minimum atomic E-state index is 0.0218. The lowest BCUT2D eigenvalue weighted by atomic mass is 9.73. The lowest BCUT2D eigenvalue weighted by molar-refractivity contribution is -0.133. The topological polar surface area (TPSA) is 56.8 Å². The van der Waals surface area contributed by atoms with Crippen LogP contribution in [0.1, 0.15) is 53.2 Å². The van der Waals surface area contributed by atoms with Crippen LogP contribution in [0.25, 0.3) is 0 Å². The first-order chi connectivity index (χ1) is 15.6. The largest absolute Gasteiger partial charge is 0.340 e. The third-order valence-electron chi connectivity index (χ3n) is 7.78. The van der Waals surface area contributed by atoms with E-state index in [9.17, 15) is 9.59 Å². The number of piperazine rings is 1. The van der Waals surface area contributed by atoms with E-state index in [0.717, 1.165) is 58.5 Å². The molecule has 0 N–H and O–H groups in total. The van der Waals surface area contributed by atoms with Crippen molar-refractivity contribution in [2.75, 3.05) is 46.3 Å². The SMILES string of the molecule is CN1CCN(C(=O)C[C@H]2CC3(CCN(C(=O)c4ccccn4)CC3)c3ccccc32)CC1. The highest BCUT2D eigenvalue weighted by molar-refractivity contribution is 5.92. The van der Waals surface area contributed by atoms with Crippen LogP contribution in [0.5, 0.6) is 0 Å². The number of likely N-dealkylation sites (N-methyl/N-ethyl adjacent to an activating group) is 1. The molecule has 1 aromatic heterocycles. The monoisotopic (exact) mass is 432 g/mol. The van der Waals surface area contributed by atoms with Crippen molar-refractivity contribution in [3.05, 3.63) is 65.5 Å². The number of rotatable bonds is 3. The molecule has 2 saturated heterocycles. The predicted molar refractivity (Wildman–Crippen MR) is 124 cm³/mol. The Morgan fingerprint density at radius 3 is 2.38 bits per heavy atom. The molecule has 6 nitrogen and oxygen atoms in total. The minimum Gasteiger partial charge on any atom is -0.340 e. The van der Waals surface area contributed by atoms with Gasteiger partial charge < -0.3 is 14.7 Å². The normalized spacial score (nSPS) is 22.7. The number of nitrogens with zero attached hydrogens (tertiary/aromatic N) is 4. The summed E-state index contributed by atoms with van der Waals surface area (Å²) in [5.74, 6) is 0.586. The van der Waals surface area contributed by atoms with Gasteiger partial charge in [0.25, 0.3) is 5.91 Å². The first kappa shape index (κ1) is 21.1. The fourth-order valence-corrected chi connectivity index (χ4v) is 5.87. The molecule has 2 aliphatic heterocycles. The molecule has 1 aliphatic carbocycles. The number of carbonyl (C=O) groups excluding carboxylic acids is 2. The van der Waals surface area contributed by atoms with Crippen molar-refractivity contribution >= 4 is 11.8 Å². The number of carbonyl (C=O) groups is 2. The maximum atomic E-state index is 13.1. The van der Waals surface area contributed by atoms with E-state index in [2.05, 4.69) is 41.2 Å². The summed E-state index contributed by atoms with van der Waals surface area (Å²) >= 11 is 0. The average Bonchev–Trinajstić information content (AvgIpc) is 3.13. The van der Waals surface area contributed by atoms with Crippen LogP contribution >= 0.6 is 0 Å². The summed E-state index contributed by atoms with van der Waals surface area (Å²) < 4.78 is 0. The smallest absolute Gasteiger partial charge is 0.272 e. The van der Waals surface area contributed by atoms with Gasteiger partial charge >= 0.3 is 0 Å². The molecular weight excluding hydrogens is 400 g/mol. The van der Waals surface area contributed by atoms with Crippen LogP contribution in [0.3, 0.4) is 0 Å². The van der Waals surface area contributed by atoms with Crippen LogP contribution in [-0.2, 0) is 10.2 Å². The molecule has 3 heterocycles. The summed E-state index contributed by atoms with van der Waals surface area (Å²) in [6.45, 7) is 5.05. The van der Waals surface area contributed by atoms with E-state index >= 15 is 0 Å². The number of pyridine rings is 1. The molecule has 1 spiro atoms. The molecule has 168 valence electrons. The molecule has 0 saturated carbocycles. The number of fused-ring (bicyclic) bond motifs is 2. The Bertz CT molecular complexity index is 976. The molecule has 0 radical (unpaired) electrons. The number of likely N-dealkylation sites (tertiary alicyclic amines) is 1. The maximum Gasteiger partial charge on any atom is 0.272 e. The van der Waals surface area contributed by atoms with E-state index in [1.54, 1.807) is 12.3 Å². The van der Waals surface area contributed by atoms with E-state index in [4.69, 9.17) is 0 Å². The van der Waals surface area contributed by atoms with Crippen LogP contribution in [0.2, 0.25) is 0 Å². The number of aromatic nitrogens is 1. The van der Waals surface area contributed by atoms with Gasteiger partial charge in [-0.2, -0.15) is 0 Å². The quantitative estimate of drug-likeness (QED) is 0.748. The molecule has 3 aliphatic rings. The highest BCUT2D eigenvalue weighted by Gasteiger charge is 2.46. The van der Waals surface area contributed by atoms with Gasteiger partial charge in [-0.15, -0.1) is 0 Å². The fraction of sp³-hybridized carbons (Fsp3) is 0.500. The van der Waals surface area contributed by atoms with Gasteiger partial charge in [0.15, 0.2) is 0 Å². The van der Waals surface area contributed by atoms with Crippen LogP contribution in [-0.4, -0.2) is 77.8 Å². The molecule has 2 amide bonds. The molecule has 0 unspecified atom stereocenters. The van der Waals surface area contributed by atoms with E-state index in [1.165, 1.54) is 11.1 Å². The lowest BCUT2D eigenvalue weighted by Crippen LogP contribution is -2.47. The number of piperidine rings is 1. The Labute approximate surface area is 190 Å². The third-order valence-corrected chi connectivity index (χ3v) is 7.78. The van der Waals surface area contributed by atoms with Gasteiger partial charge in [-0.05, 0) is 60.9 Å². The van der Waals surface area contributed by atoms with E-state index in [0.29, 0.717) is 12.1 Å². The standard InChI is InChI=1S/C26H32N4O2/c1-28-14-16-29(17-15-28)24(31)18-20-19-26(22-7-3-2-6-21(20)22)9-12-30(13-10-26)25(32)23-8-4-5-11-27-23/h2-8,11,20H,9-10,12-19H2,1H3/t20-/m0/s1. The number of hydrogen-bond acceptors (Lipinski definition) is 4. The minimum absolute atomic E-state index is 0.0218. The van der Waals surface area contributed by atoms with Crippen molar-refractivity contribution in [2.24, 2.45) is 0 Å². The first-order valence-electron chi connectivity index (χ1n) is 11.8. The molecule has 6 heteroatoms. The summed E-state index contributed by atoms with van der Waals surface area (Å²) in [7, 11) is 2.11. The van der Waals surface area contributed by atoms with Gasteiger partial charge in [0.2, 0.25) is 5.91 Å². The van der Waals surface area contributed by atoms with E-state index in [1.807, 2.05) is 21.9 Å². The van der Waals surface area contributed by atoms with Gasteiger partial charge in [0.1, 0.15) is 5.69 Å². The zero-order valence-corrected chi connectivity index (χ0v) is 18.9. The van der Waals surface area contributed by atoms with Crippen molar-refractivity contribution < 1.29 is 9.59 Å². The highest BCUT2D eigenvalue weighted by atomic mass is 16.2. The number of amides is 2. The van der Waals surface area contributed by atoms with Crippen molar-refractivity contribution in [1.29, 1.82) is 0 Å². The molecule has 2 fully saturated rings. The van der Waals surface area contributed by atoms with Crippen molar-refractivity contribution in [1.82, 2.24) is 19.7 Å². The van der Waals surface area contributed by atoms with Gasteiger partial charge in [-0.25, -0.2) is 0 Å². The third kappa shape index (κ3) is 3.92. The Morgan fingerprint density at radius 1 is 0.938 bits per heavy atom. The average molecular weight is 433 g/mol. The molecular formula is C26H32N4O2. The van der Waals surface area contributed by atoms with Gasteiger partial charge in [-0.1, -0.05) is 30.3 Å². The van der Waals surface area contributed by atoms with Crippen LogP contribution in [0, 0.1) is 0 Å². The lowest BCUT2D eigenvalue weighted by Gasteiger charge is -2.40. The van der Waals surface area contributed by atoms with Gasteiger partial charge in [0, 0.05) is 51.9 Å². The Balaban J connectivity index is 1.29. The van der Waals surface area contributed by atoms with Crippen LogP contribution < -0.4 is 0 Å². The Kier molecular flexibility index (Phi) is 5.72. The molecule has 1 atom stereocenters. The second kappa shape index (κ2) is 8.66. The van der Waals surface area contributed by atoms with Crippen LogP contribution in [0.15, 0.2) is 48.7 Å². The van der Waals surface area contributed by atoms with Gasteiger partial charge in [0.05, 0.1) is 0 Å². The number of hydrogen-bond donors (Lipinski definition) is 0. The Hall–Kier alpha value is -2.73. The Morgan fingerprint density at radius 2 is 1.66 bits per heavy atom. The van der Waals surface area contributed by atoms with Gasteiger partial charge in [-0.3, -0.25) is 14.6 Å². The molecule has 5 rings (SSSR count). The molecule has 1 aromatic carbocycles. The molecule has 32 heavy (non-hydrogen) atoms. The maximum absolute atomic E-state index is 13.1. The molecule has 0 bridgehead atoms. The zero-order chi connectivity index (χ0) is 22.1. The zero-order valence-electron chi connectivity index (χ0n) is 18.9. The highest BCUT2D eigenvalue weighted by Crippen LogP contribution is 2.52. The predicted octanol–water partition coefficient (Wildman–Crippen LogP) is 2.91. The summed E-state index contributed by atoms with van der Waals surface area (Å²) in [6, 6.07) is 14.2. The van der Waals surface area contributed by atoms with Crippen molar-refractivity contribution in [3.8, 4) is 0 Å². The fourth-order valence-electron chi connectivity index (χ4n) is 5.87. The van der Waals surface area contributed by atoms with Crippen molar-refractivity contribution in [2.45, 2.75) is 37.0 Å². The molecule has 2 aromatic rings. The van der Waals surface area contributed by atoms with Crippen LogP contribution in [0.4, 0.5) is 0 Å².